The van der Waals surface area contributed by atoms with Crippen molar-refractivity contribution in [3.8, 4) is 11.4 Å². The van der Waals surface area contributed by atoms with Gasteiger partial charge in [-0.2, -0.15) is 0 Å². The molecule has 2 aromatic carbocycles. The van der Waals surface area contributed by atoms with Gasteiger partial charge in [-0.25, -0.2) is 14.4 Å². The topological polar surface area (TPSA) is 49.3 Å². The minimum Gasteiger partial charge on any atom is -0.353 e. The standard InChI is InChI=1S/C24H25FN4O/c1-18-16-22(27-24(26-18)20-8-5-9-21(25)17-20)28-12-14-29(15-13-28)23(30)11-10-19-6-3-2-4-7-19/h2-9,16-17H,10-15H2,1H3. The first-order valence-electron chi connectivity index (χ1n) is 10.3. The Balaban J connectivity index is 1.38. The molecule has 0 atom stereocenters. The van der Waals surface area contributed by atoms with E-state index in [-0.39, 0.29) is 11.7 Å². The highest BCUT2D eigenvalue weighted by Gasteiger charge is 2.22. The second-order valence-electron chi connectivity index (χ2n) is 7.55. The smallest absolute Gasteiger partial charge is 0.223 e. The number of benzene rings is 2. The summed E-state index contributed by atoms with van der Waals surface area (Å²) in [7, 11) is 0. The second-order valence-corrected chi connectivity index (χ2v) is 7.55. The van der Waals surface area contributed by atoms with E-state index < -0.39 is 0 Å². The predicted octanol–water partition coefficient (Wildman–Crippen LogP) is 3.87. The fourth-order valence-corrected chi connectivity index (χ4v) is 3.71. The Labute approximate surface area is 176 Å². The predicted molar refractivity (Wildman–Crippen MR) is 116 cm³/mol. The first kappa shape index (κ1) is 20.0. The zero-order valence-electron chi connectivity index (χ0n) is 17.1. The molecule has 1 amide bonds. The highest BCUT2D eigenvalue weighted by molar-refractivity contribution is 5.76. The molecule has 0 saturated carbocycles. The number of aromatic nitrogens is 2. The molecule has 6 heteroatoms. The highest BCUT2D eigenvalue weighted by Crippen LogP contribution is 2.22. The van der Waals surface area contributed by atoms with Crippen molar-refractivity contribution in [1.82, 2.24) is 14.9 Å². The van der Waals surface area contributed by atoms with Gasteiger partial charge in [0.1, 0.15) is 11.6 Å². The molecule has 4 rings (SSSR count). The average molecular weight is 404 g/mol. The molecule has 154 valence electrons. The number of halogens is 1. The highest BCUT2D eigenvalue weighted by atomic mass is 19.1. The summed E-state index contributed by atoms with van der Waals surface area (Å²) in [5.41, 5.74) is 2.68. The van der Waals surface area contributed by atoms with Crippen molar-refractivity contribution in [2.24, 2.45) is 0 Å². The number of piperazine rings is 1. The van der Waals surface area contributed by atoms with Crippen LogP contribution in [0.2, 0.25) is 0 Å². The minimum absolute atomic E-state index is 0.192. The van der Waals surface area contributed by atoms with E-state index in [0.717, 1.165) is 31.0 Å². The Hall–Kier alpha value is -3.28. The zero-order chi connectivity index (χ0) is 20.9. The maximum absolute atomic E-state index is 13.6. The van der Waals surface area contributed by atoms with E-state index in [1.807, 2.05) is 42.2 Å². The molecule has 0 N–H and O–H groups in total. The molecule has 0 aliphatic carbocycles. The quantitative estimate of drug-likeness (QED) is 0.648. The Kier molecular flexibility index (Phi) is 6.02. The van der Waals surface area contributed by atoms with E-state index in [2.05, 4.69) is 27.0 Å². The summed E-state index contributed by atoms with van der Waals surface area (Å²) in [6.45, 7) is 4.70. The molecule has 2 heterocycles. The number of carbonyl (C=O) groups is 1. The van der Waals surface area contributed by atoms with Crippen molar-refractivity contribution >= 4 is 11.7 Å². The van der Waals surface area contributed by atoms with Crippen molar-refractivity contribution in [2.75, 3.05) is 31.1 Å². The van der Waals surface area contributed by atoms with Gasteiger partial charge in [0.15, 0.2) is 5.82 Å². The van der Waals surface area contributed by atoms with Crippen LogP contribution in [0.1, 0.15) is 17.7 Å². The Morgan fingerprint density at radius 2 is 1.73 bits per heavy atom. The molecular formula is C24H25FN4O. The van der Waals surface area contributed by atoms with Crippen LogP contribution in [-0.4, -0.2) is 47.0 Å². The lowest BCUT2D eigenvalue weighted by molar-refractivity contribution is -0.131. The van der Waals surface area contributed by atoms with Gasteiger partial charge in [0.05, 0.1) is 0 Å². The first-order valence-corrected chi connectivity index (χ1v) is 10.3. The lowest BCUT2D eigenvalue weighted by Crippen LogP contribution is -2.49. The third kappa shape index (κ3) is 4.82. The summed E-state index contributed by atoms with van der Waals surface area (Å²) in [6.07, 6.45) is 1.29. The van der Waals surface area contributed by atoms with Gasteiger partial charge in [-0.15, -0.1) is 0 Å². The molecule has 1 fully saturated rings. The van der Waals surface area contributed by atoms with Crippen LogP contribution in [0.25, 0.3) is 11.4 Å². The van der Waals surface area contributed by atoms with Crippen LogP contribution in [0.15, 0.2) is 60.7 Å². The van der Waals surface area contributed by atoms with Gasteiger partial charge in [-0.1, -0.05) is 42.5 Å². The average Bonchev–Trinajstić information content (AvgIpc) is 2.78. The molecule has 0 radical (unpaired) electrons. The van der Waals surface area contributed by atoms with Crippen LogP contribution in [0.5, 0.6) is 0 Å². The Bertz CT molecular complexity index is 1020. The first-order chi connectivity index (χ1) is 14.6. The largest absolute Gasteiger partial charge is 0.353 e. The maximum atomic E-state index is 13.6. The summed E-state index contributed by atoms with van der Waals surface area (Å²) < 4.78 is 13.6. The molecule has 3 aromatic rings. The molecule has 1 aliphatic heterocycles. The van der Waals surface area contributed by atoms with E-state index in [0.29, 0.717) is 30.9 Å². The number of hydrogen-bond donors (Lipinski definition) is 0. The molecule has 30 heavy (non-hydrogen) atoms. The van der Waals surface area contributed by atoms with Gasteiger partial charge < -0.3 is 9.80 Å². The van der Waals surface area contributed by atoms with E-state index in [4.69, 9.17) is 0 Å². The summed E-state index contributed by atoms with van der Waals surface area (Å²) in [5, 5.41) is 0. The normalized spacial score (nSPS) is 14.1. The van der Waals surface area contributed by atoms with Gasteiger partial charge in [-0.3, -0.25) is 4.79 Å². The van der Waals surface area contributed by atoms with Gasteiger partial charge >= 0.3 is 0 Å². The number of aryl methyl sites for hydroxylation is 2. The zero-order valence-corrected chi connectivity index (χ0v) is 17.1. The van der Waals surface area contributed by atoms with Crippen LogP contribution in [0.4, 0.5) is 10.2 Å². The lowest BCUT2D eigenvalue weighted by Gasteiger charge is -2.35. The van der Waals surface area contributed by atoms with Crippen LogP contribution in [-0.2, 0) is 11.2 Å². The van der Waals surface area contributed by atoms with Crippen molar-refractivity contribution in [3.05, 3.63) is 77.7 Å². The van der Waals surface area contributed by atoms with Crippen LogP contribution < -0.4 is 4.90 Å². The monoisotopic (exact) mass is 404 g/mol. The second kappa shape index (κ2) is 9.03. The lowest BCUT2D eigenvalue weighted by atomic mass is 10.1. The fraction of sp³-hybridized carbons (Fsp3) is 0.292. The SMILES string of the molecule is Cc1cc(N2CCN(C(=O)CCc3ccccc3)CC2)nc(-c2cccc(F)c2)n1. The molecule has 0 unspecified atom stereocenters. The van der Waals surface area contributed by atoms with Crippen molar-refractivity contribution in [2.45, 2.75) is 19.8 Å². The Morgan fingerprint density at radius 3 is 2.47 bits per heavy atom. The molecule has 5 nitrogen and oxygen atoms in total. The van der Waals surface area contributed by atoms with E-state index in [1.165, 1.54) is 17.7 Å². The van der Waals surface area contributed by atoms with Crippen LogP contribution >= 0.6 is 0 Å². The van der Waals surface area contributed by atoms with Gasteiger partial charge in [0.25, 0.3) is 0 Å². The minimum atomic E-state index is -0.304. The van der Waals surface area contributed by atoms with E-state index in [1.54, 1.807) is 6.07 Å². The van der Waals surface area contributed by atoms with E-state index >= 15 is 0 Å². The number of rotatable bonds is 5. The number of carbonyl (C=O) groups excluding carboxylic acids is 1. The van der Waals surface area contributed by atoms with Gasteiger partial charge in [-0.05, 0) is 31.0 Å². The van der Waals surface area contributed by atoms with Gasteiger partial charge in [0, 0.05) is 49.9 Å². The van der Waals surface area contributed by atoms with Crippen molar-refractivity contribution in [1.29, 1.82) is 0 Å². The summed E-state index contributed by atoms with van der Waals surface area (Å²) in [4.78, 5) is 25.8. The van der Waals surface area contributed by atoms with Crippen molar-refractivity contribution in [3.63, 3.8) is 0 Å². The number of amides is 1. The third-order valence-electron chi connectivity index (χ3n) is 5.35. The number of nitrogens with zero attached hydrogens (tertiary/aromatic N) is 4. The summed E-state index contributed by atoms with van der Waals surface area (Å²) in [6, 6.07) is 18.4. The van der Waals surface area contributed by atoms with Crippen LogP contribution in [0, 0.1) is 12.7 Å². The van der Waals surface area contributed by atoms with Crippen molar-refractivity contribution < 1.29 is 9.18 Å². The molecule has 0 bridgehead atoms. The summed E-state index contributed by atoms with van der Waals surface area (Å²) >= 11 is 0. The summed E-state index contributed by atoms with van der Waals surface area (Å²) in [5.74, 6) is 1.23. The van der Waals surface area contributed by atoms with E-state index in [9.17, 15) is 9.18 Å². The molecular weight excluding hydrogens is 379 g/mol. The molecule has 1 aromatic heterocycles. The number of anilines is 1. The van der Waals surface area contributed by atoms with Gasteiger partial charge in [0.2, 0.25) is 5.91 Å². The Morgan fingerprint density at radius 1 is 0.967 bits per heavy atom. The van der Waals surface area contributed by atoms with Crippen LogP contribution in [0.3, 0.4) is 0 Å². The fourth-order valence-electron chi connectivity index (χ4n) is 3.71. The third-order valence-corrected chi connectivity index (χ3v) is 5.35. The maximum Gasteiger partial charge on any atom is 0.223 e. The molecule has 0 spiro atoms. The number of hydrogen-bond acceptors (Lipinski definition) is 4. The molecule has 1 aliphatic rings. The molecule has 1 saturated heterocycles.